The van der Waals surface area contributed by atoms with Gasteiger partial charge in [-0.3, -0.25) is 0 Å². The highest BCUT2D eigenvalue weighted by Crippen LogP contribution is 2.09. The van der Waals surface area contributed by atoms with Crippen molar-refractivity contribution in [2.24, 2.45) is 5.10 Å². The van der Waals surface area contributed by atoms with Crippen LogP contribution in [0.15, 0.2) is 34.3 Å². The minimum Gasteiger partial charge on any atom is -0.465 e. The molecule has 1 N–H and O–H groups in total. The predicted octanol–water partition coefficient (Wildman–Crippen LogP) is 0.432. The number of rotatable bonds is 4. The van der Waals surface area contributed by atoms with Gasteiger partial charge in [0.05, 0.1) is 12.0 Å². The van der Waals surface area contributed by atoms with Gasteiger partial charge in [-0.05, 0) is 19.1 Å². The summed E-state index contributed by atoms with van der Waals surface area (Å²) in [6.07, 6.45) is 0.742. The molecule has 1 rings (SSSR count). The molecule has 0 heterocycles. The molecule has 0 unspecified atom stereocenters. The van der Waals surface area contributed by atoms with E-state index in [9.17, 15) is 13.2 Å². The van der Waals surface area contributed by atoms with E-state index in [0.29, 0.717) is 0 Å². The average Bonchev–Trinajstić information content (AvgIpc) is 2.29. The molecule has 0 atom stereocenters. The number of carbonyl (C=O) groups excluding carboxylic acids is 1. The fraction of sp³-hybridized carbons (Fsp3) is 0.200. The van der Waals surface area contributed by atoms with Gasteiger partial charge in [-0.25, -0.2) is 4.79 Å². The fourth-order valence-electron chi connectivity index (χ4n) is 0.971. The highest BCUT2D eigenvalue weighted by Gasteiger charge is 2.11. The van der Waals surface area contributed by atoms with Gasteiger partial charge in [0, 0.05) is 0 Å². The quantitative estimate of drug-likeness (QED) is 0.481. The van der Waals surface area contributed by atoms with Gasteiger partial charge in [0.2, 0.25) is 0 Å². The third-order valence-electron chi connectivity index (χ3n) is 1.88. The van der Waals surface area contributed by atoms with Crippen LogP contribution >= 0.6 is 0 Å². The van der Waals surface area contributed by atoms with Gasteiger partial charge < -0.3 is 4.74 Å². The van der Waals surface area contributed by atoms with E-state index in [0.717, 1.165) is 11.8 Å². The van der Waals surface area contributed by atoms with E-state index in [2.05, 4.69) is 9.84 Å². The molecular weight excluding hydrogens is 244 g/mol. The lowest BCUT2D eigenvalue weighted by Crippen LogP contribution is -2.19. The third-order valence-corrected chi connectivity index (χ3v) is 3.11. The van der Waals surface area contributed by atoms with Crippen LogP contribution in [0.2, 0.25) is 0 Å². The highest BCUT2D eigenvalue weighted by atomic mass is 32.2. The zero-order chi connectivity index (χ0) is 12.9. The molecule has 92 valence electrons. The number of carbonyl (C=O) groups is 1. The summed E-state index contributed by atoms with van der Waals surface area (Å²) in [6.45, 7) is 1.85. The Morgan fingerprint density at radius 3 is 2.47 bits per heavy atom. The maximum absolute atomic E-state index is 11.6. The van der Waals surface area contributed by atoms with Crippen molar-refractivity contribution in [2.45, 2.75) is 11.8 Å². The van der Waals surface area contributed by atoms with Gasteiger partial charge >= 0.3 is 5.97 Å². The summed E-state index contributed by atoms with van der Waals surface area (Å²) in [5, 5.41) is 3.28. The second-order valence-electron chi connectivity index (χ2n) is 3.19. The first kappa shape index (κ1) is 13.2. The molecule has 6 nitrogen and oxygen atoms in total. The molecule has 0 aromatic heterocycles. The summed E-state index contributed by atoms with van der Waals surface area (Å²) in [6, 6.07) is 6.23. The second kappa shape index (κ2) is 5.44. The summed E-state index contributed by atoms with van der Waals surface area (Å²) in [4.78, 5) is 12.6. The largest absolute Gasteiger partial charge is 0.465 e. The molecule has 0 spiro atoms. The molecule has 1 aromatic carbocycles. The van der Waals surface area contributed by atoms with Gasteiger partial charge in [-0.1, -0.05) is 17.7 Å². The van der Waals surface area contributed by atoms with Gasteiger partial charge in [-0.2, -0.15) is 18.4 Å². The van der Waals surface area contributed by atoms with Crippen molar-refractivity contribution in [1.29, 1.82) is 0 Å². The fourth-order valence-corrected chi connectivity index (χ4v) is 1.76. The third kappa shape index (κ3) is 3.87. The molecule has 0 aliphatic carbocycles. The number of nitrogens with one attached hydrogen (secondary N) is 1. The lowest BCUT2D eigenvalue weighted by atomic mass is 10.2. The summed E-state index contributed by atoms with van der Waals surface area (Å²) in [7, 11) is -2.57. The Kier molecular flexibility index (Phi) is 4.22. The lowest BCUT2D eigenvalue weighted by Gasteiger charge is -2.02. The molecule has 0 aliphatic heterocycles. The number of hydrogen-bond acceptors (Lipinski definition) is 5. The Hall–Kier alpha value is -1.89. The topological polar surface area (TPSA) is 84.8 Å². The number of aryl methyl sites for hydroxylation is 1. The van der Waals surface area contributed by atoms with Crippen molar-refractivity contribution >= 4 is 22.2 Å². The molecule has 1 aromatic rings. The SMILES string of the molecule is COC(=O)/C=N/NS(=O)(=O)c1ccc(C)cc1. The maximum atomic E-state index is 11.6. The highest BCUT2D eigenvalue weighted by molar-refractivity contribution is 7.89. The standard InChI is InChI=1S/C10H12N2O4S/c1-8-3-5-9(6-4-8)17(14,15)12-11-7-10(13)16-2/h3-7,12H,1-2H3/b11-7+. The average molecular weight is 256 g/mol. The van der Waals surface area contributed by atoms with Crippen LogP contribution in [-0.2, 0) is 19.6 Å². The number of sulfonamides is 1. The van der Waals surface area contributed by atoms with Crippen molar-refractivity contribution in [3.8, 4) is 0 Å². The van der Waals surface area contributed by atoms with Gasteiger partial charge in [0.1, 0.15) is 6.21 Å². The summed E-state index contributed by atoms with van der Waals surface area (Å²) in [5.41, 5.74) is 0.946. The predicted molar refractivity (Wildman–Crippen MR) is 62.0 cm³/mol. The van der Waals surface area contributed by atoms with E-state index < -0.39 is 16.0 Å². The number of ether oxygens (including phenoxy) is 1. The minimum absolute atomic E-state index is 0.0742. The van der Waals surface area contributed by atoms with Crippen LogP contribution in [0.1, 0.15) is 5.56 Å². The Morgan fingerprint density at radius 2 is 1.94 bits per heavy atom. The zero-order valence-corrected chi connectivity index (χ0v) is 10.2. The molecule has 0 saturated carbocycles. The van der Waals surface area contributed by atoms with E-state index in [1.54, 1.807) is 12.1 Å². The van der Waals surface area contributed by atoms with Crippen LogP contribution in [0, 0.1) is 6.92 Å². The molecule has 0 saturated heterocycles. The Bertz CT molecular complexity index is 520. The zero-order valence-electron chi connectivity index (χ0n) is 9.38. The number of nitrogens with zero attached hydrogens (tertiary/aromatic N) is 1. The molecule has 0 bridgehead atoms. The van der Waals surface area contributed by atoms with Crippen LogP contribution in [0.5, 0.6) is 0 Å². The van der Waals surface area contributed by atoms with Crippen LogP contribution < -0.4 is 4.83 Å². The van der Waals surface area contributed by atoms with E-state index >= 15 is 0 Å². The van der Waals surface area contributed by atoms with Crippen molar-refractivity contribution in [1.82, 2.24) is 4.83 Å². The normalized spacial score (nSPS) is 11.4. The number of benzene rings is 1. The van der Waals surface area contributed by atoms with E-state index in [4.69, 9.17) is 0 Å². The first-order valence-corrected chi connectivity index (χ1v) is 6.13. The summed E-state index contributed by atoms with van der Waals surface area (Å²) < 4.78 is 27.5. The minimum atomic E-state index is -3.74. The monoisotopic (exact) mass is 256 g/mol. The second-order valence-corrected chi connectivity index (χ2v) is 4.85. The molecule has 0 radical (unpaired) electrons. The van der Waals surface area contributed by atoms with Crippen molar-refractivity contribution in [3.05, 3.63) is 29.8 Å². The van der Waals surface area contributed by atoms with Crippen LogP contribution in [-0.4, -0.2) is 27.7 Å². The smallest absolute Gasteiger partial charge is 0.350 e. The molecule has 0 fully saturated rings. The Balaban J connectivity index is 2.79. The maximum Gasteiger partial charge on any atom is 0.350 e. The molecular formula is C10H12N2O4S. The van der Waals surface area contributed by atoms with E-state index in [-0.39, 0.29) is 4.90 Å². The van der Waals surface area contributed by atoms with Crippen LogP contribution in [0.25, 0.3) is 0 Å². The van der Waals surface area contributed by atoms with Crippen molar-refractivity contribution in [3.63, 3.8) is 0 Å². The summed E-state index contributed by atoms with van der Waals surface area (Å²) in [5.74, 6) is -0.739. The summed E-state index contributed by atoms with van der Waals surface area (Å²) >= 11 is 0. The van der Waals surface area contributed by atoms with E-state index in [1.165, 1.54) is 19.2 Å². The first-order chi connectivity index (χ1) is 7.95. The van der Waals surface area contributed by atoms with E-state index in [1.807, 2.05) is 11.8 Å². The lowest BCUT2D eigenvalue weighted by molar-refractivity contribution is -0.132. The van der Waals surface area contributed by atoms with Crippen LogP contribution in [0.3, 0.4) is 0 Å². The van der Waals surface area contributed by atoms with Crippen molar-refractivity contribution in [2.75, 3.05) is 7.11 Å². The number of methoxy groups -OCH3 is 1. The number of hydrazone groups is 1. The van der Waals surface area contributed by atoms with Gasteiger partial charge in [0.15, 0.2) is 0 Å². The molecule has 17 heavy (non-hydrogen) atoms. The van der Waals surface area contributed by atoms with Gasteiger partial charge in [-0.15, -0.1) is 0 Å². The Labute approximate surface area is 99.3 Å². The molecule has 7 heteroatoms. The van der Waals surface area contributed by atoms with Gasteiger partial charge in [0.25, 0.3) is 10.0 Å². The van der Waals surface area contributed by atoms with Crippen LogP contribution in [0.4, 0.5) is 0 Å². The molecule has 0 aliphatic rings. The number of esters is 1. The van der Waals surface area contributed by atoms with Crippen molar-refractivity contribution < 1.29 is 17.9 Å². The molecule has 0 amide bonds. The number of hydrogen-bond donors (Lipinski definition) is 1. The Morgan fingerprint density at radius 1 is 1.35 bits per heavy atom. The first-order valence-electron chi connectivity index (χ1n) is 4.65.